The molecule has 2 aromatic carbocycles. The van der Waals surface area contributed by atoms with Crippen LogP contribution < -0.4 is 10.1 Å². The number of hydrogen-bond donors (Lipinski definition) is 2. The molecule has 1 atom stereocenters. The predicted molar refractivity (Wildman–Crippen MR) is 123 cm³/mol. The fraction of sp³-hybridized carbons (Fsp3) is 0.0800. The molecule has 1 unspecified atom stereocenters. The molecule has 158 valence electrons. The van der Waals surface area contributed by atoms with Crippen molar-refractivity contribution in [1.82, 2.24) is 19.8 Å². The molecule has 0 fully saturated rings. The highest BCUT2D eigenvalue weighted by Crippen LogP contribution is 2.29. The highest BCUT2D eigenvalue weighted by molar-refractivity contribution is 6.06. The molecule has 32 heavy (non-hydrogen) atoms. The molecule has 0 aliphatic carbocycles. The molecular formula is C25H21N5O2. The number of benzene rings is 2. The first-order valence-corrected chi connectivity index (χ1v) is 10.2. The molecule has 0 aliphatic rings. The molecule has 5 aromatic rings. The Labute approximate surface area is 184 Å². The normalized spacial score (nSPS) is 11.9. The number of aromatic amines is 1. The quantitative estimate of drug-likeness (QED) is 0.369. The second kappa shape index (κ2) is 8.39. The number of hydrogen-bond acceptors (Lipinski definition) is 5. The van der Waals surface area contributed by atoms with E-state index in [9.17, 15) is 4.79 Å². The van der Waals surface area contributed by atoms with Crippen LogP contribution in [-0.2, 0) is 0 Å². The van der Waals surface area contributed by atoms with Crippen molar-refractivity contribution in [2.75, 3.05) is 12.4 Å². The van der Waals surface area contributed by atoms with Gasteiger partial charge < -0.3 is 10.1 Å². The number of nitrogens with one attached hydrogen (secondary N) is 2. The number of ether oxygens (including phenoxy) is 1. The fourth-order valence-electron chi connectivity index (χ4n) is 3.71. The molecule has 0 amide bonds. The zero-order chi connectivity index (χ0) is 21.9. The molecule has 0 bridgehead atoms. The monoisotopic (exact) mass is 423 g/mol. The summed E-state index contributed by atoms with van der Waals surface area (Å²) in [5.74, 6) is 0.563. The Morgan fingerprint density at radius 3 is 2.69 bits per heavy atom. The number of anilines is 1. The van der Waals surface area contributed by atoms with Crippen molar-refractivity contribution >= 4 is 17.0 Å². The molecule has 0 radical (unpaired) electrons. The standard InChI is InChI=1S/C25H21N5O2/c1-32-20-12-7-10-18(14-20)27-24(22-15-19-11-5-6-13-30(19)29-22)25(31)21-16-26-28-23(21)17-8-3-2-4-9-17/h2-16,24,27H,1H3,(H,26,28). The maximum atomic E-state index is 13.8. The molecular weight excluding hydrogens is 402 g/mol. The third-order valence-corrected chi connectivity index (χ3v) is 5.29. The van der Waals surface area contributed by atoms with Gasteiger partial charge in [0, 0.05) is 23.5 Å². The minimum Gasteiger partial charge on any atom is -0.497 e. The summed E-state index contributed by atoms with van der Waals surface area (Å²) in [6.45, 7) is 0. The Bertz CT molecular complexity index is 1340. The van der Waals surface area contributed by atoms with Gasteiger partial charge in [-0.05, 0) is 30.3 Å². The van der Waals surface area contributed by atoms with E-state index in [0.29, 0.717) is 22.7 Å². The largest absolute Gasteiger partial charge is 0.497 e. The Balaban J connectivity index is 1.58. The minimum atomic E-state index is -0.720. The number of carbonyl (C=O) groups is 1. The van der Waals surface area contributed by atoms with Crippen LogP contribution in [0.2, 0.25) is 0 Å². The van der Waals surface area contributed by atoms with Gasteiger partial charge in [-0.15, -0.1) is 0 Å². The summed E-state index contributed by atoms with van der Waals surface area (Å²) in [4.78, 5) is 13.8. The lowest BCUT2D eigenvalue weighted by molar-refractivity contribution is 0.0968. The van der Waals surface area contributed by atoms with E-state index in [0.717, 1.165) is 16.8 Å². The van der Waals surface area contributed by atoms with Crippen LogP contribution in [0.15, 0.2) is 91.3 Å². The lowest BCUT2D eigenvalue weighted by Crippen LogP contribution is -2.22. The number of fused-ring (bicyclic) bond motifs is 1. The van der Waals surface area contributed by atoms with E-state index in [2.05, 4.69) is 20.6 Å². The van der Waals surface area contributed by atoms with Crippen LogP contribution in [0.5, 0.6) is 5.75 Å². The molecule has 3 aromatic heterocycles. The van der Waals surface area contributed by atoms with E-state index < -0.39 is 6.04 Å². The summed E-state index contributed by atoms with van der Waals surface area (Å²) in [7, 11) is 1.61. The van der Waals surface area contributed by atoms with Gasteiger partial charge >= 0.3 is 0 Å². The highest BCUT2D eigenvalue weighted by atomic mass is 16.5. The maximum absolute atomic E-state index is 13.8. The van der Waals surface area contributed by atoms with Crippen molar-refractivity contribution in [3.05, 3.63) is 103 Å². The first kappa shape index (κ1) is 19.6. The van der Waals surface area contributed by atoms with Crippen molar-refractivity contribution in [1.29, 1.82) is 0 Å². The summed E-state index contributed by atoms with van der Waals surface area (Å²) in [6, 6.07) is 24.2. The molecule has 0 spiro atoms. The lowest BCUT2D eigenvalue weighted by atomic mass is 9.98. The van der Waals surface area contributed by atoms with E-state index in [1.54, 1.807) is 17.8 Å². The SMILES string of the molecule is COc1cccc(NC(C(=O)c2cn[nH]c2-c2ccccc2)c2cc3ccccn3n2)c1. The maximum Gasteiger partial charge on any atom is 0.195 e. The van der Waals surface area contributed by atoms with Gasteiger partial charge in [0.2, 0.25) is 0 Å². The zero-order valence-corrected chi connectivity index (χ0v) is 17.4. The van der Waals surface area contributed by atoms with Crippen LogP contribution in [0, 0.1) is 0 Å². The third-order valence-electron chi connectivity index (χ3n) is 5.29. The highest BCUT2D eigenvalue weighted by Gasteiger charge is 2.28. The minimum absolute atomic E-state index is 0.135. The smallest absolute Gasteiger partial charge is 0.195 e. The first-order chi connectivity index (χ1) is 15.7. The number of nitrogens with zero attached hydrogens (tertiary/aromatic N) is 3. The van der Waals surface area contributed by atoms with Crippen molar-refractivity contribution < 1.29 is 9.53 Å². The Morgan fingerprint density at radius 2 is 1.88 bits per heavy atom. The van der Waals surface area contributed by atoms with Crippen molar-refractivity contribution in [2.24, 2.45) is 0 Å². The van der Waals surface area contributed by atoms with Crippen molar-refractivity contribution in [3.8, 4) is 17.0 Å². The first-order valence-electron chi connectivity index (χ1n) is 10.2. The Hall–Kier alpha value is -4.39. The molecule has 5 rings (SSSR count). The topological polar surface area (TPSA) is 84.3 Å². The van der Waals surface area contributed by atoms with Gasteiger partial charge in [-0.3, -0.25) is 9.89 Å². The lowest BCUT2D eigenvalue weighted by Gasteiger charge is -2.17. The number of H-pyrrole nitrogens is 1. The second-order valence-corrected chi connectivity index (χ2v) is 7.34. The number of methoxy groups -OCH3 is 1. The molecule has 7 nitrogen and oxygen atoms in total. The van der Waals surface area contributed by atoms with Crippen LogP contribution >= 0.6 is 0 Å². The molecule has 0 aliphatic heterocycles. The number of pyridine rings is 1. The summed E-state index contributed by atoms with van der Waals surface area (Å²) in [5, 5.41) is 15.1. The summed E-state index contributed by atoms with van der Waals surface area (Å²) >= 11 is 0. The average Bonchev–Trinajstić information content (AvgIpc) is 3.50. The molecule has 0 saturated heterocycles. The van der Waals surface area contributed by atoms with Crippen LogP contribution in [0.3, 0.4) is 0 Å². The zero-order valence-electron chi connectivity index (χ0n) is 17.4. The number of rotatable bonds is 7. The van der Waals surface area contributed by atoms with Gasteiger partial charge in [0.1, 0.15) is 11.8 Å². The van der Waals surface area contributed by atoms with Crippen LogP contribution in [0.1, 0.15) is 22.1 Å². The van der Waals surface area contributed by atoms with Gasteiger partial charge in [-0.2, -0.15) is 10.2 Å². The molecule has 7 heteroatoms. The number of Topliss-reactive ketones (excluding diaryl/α,β-unsaturated/α-hetero) is 1. The molecule has 3 heterocycles. The summed E-state index contributed by atoms with van der Waals surface area (Å²) in [5.41, 5.74) is 4.34. The molecule has 0 saturated carbocycles. The fourth-order valence-corrected chi connectivity index (χ4v) is 3.71. The van der Waals surface area contributed by atoms with Crippen LogP contribution in [-0.4, -0.2) is 32.7 Å². The van der Waals surface area contributed by atoms with Gasteiger partial charge in [0.05, 0.1) is 35.8 Å². The van der Waals surface area contributed by atoms with Gasteiger partial charge in [0.25, 0.3) is 0 Å². The predicted octanol–water partition coefficient (Wildman–Crippen LogP) is 4.77. The number of aromatic nitrogens is 4. The van der Waals surface area contributed by atoms with E-state index in [1.807, 2.05) is 85.1 Å². The van der Waals surface area contributed by atoms with Crippen molar-refractivity contribution in [3.63, 3.8) is 0 Å². The average molecular weight is 423 g/mol. The van der Waals surface area contributed by atoms with Crippen LogP contribution in [0.25, 0.3) is 16.8 Å². The van der Waals surface area contributed by atoms with Gasteiger partial charge in [-0.1, -0.05) is 42.5 Å². The number of carbonyl (C=O) groups excluding carboxylic acids is 1. The van der Waals surface area contributed by atoms with E-state index >= 15 is 0 Å². The molecule has 2 N–H and O–H groups in total. The van der Waals surface area contributed by atoms with Crippen molar-refractivity contribution in [2.45, 2.75) is 6.04 Å². The Kier molecular flexibility index (Phi) is 5.13. The second-order valence-electron chi connectivity index (χ2n) is 7.34. The Morgan fingerprint density at radius 1 is 1.03 bits per heavy atom. The van der Waals surface area contributed by atoms with Gasteiger partial charge in [0.15, 0.2) is 5.78 Å². The third kappa shape index (κ3) is 3.72. The van der Waals surface area contributed by atoms with E-state index in [-0.39, 0.29) is 5.78 Å². The van der Waals surface area contributed by atoms with Crippen LogP contribution in [0.4, 0.5) is 5.69 Å². The van der Waals surface area contributed by atoms with E-state index in [4.69, 9.17) is 4.74 Å². The number of ketones is 1. The van der Waals surface area contributed by atoms with Gasteiger partial charge in [-0.25, -0.2) is 4.52 Å². The summed E-state index contributed by atoms with van der Waals surface area (Å²) in [6.07, 6.45) is 3.43. The van der Waals surface area contributed by atoms with E-state index in [1.165, 1.54) is 0 Å². The summed E-state index contributed by atoms with van der Waals surface area (Å²) < 4.78 is 7.10.